The second-order valence-corrected chi connectivity index (χ2v) is 8.31. The van der Waals surface area contributed by atoms with Crippen molar-refractivity contribution in [3.05, 3.63) is 87.0 Å². The molecule has 3 heteroatoms. The van der Waals surface area contributed by atoms with Gasteiger partial charge >= 0.3 is 0 Å². The van der Waals surface area contributed by atoms with Crippen molar-refractivity contribution in [2.45, 2.75) is 79.6 Å². The molecule has 2 aromatic rings. The normalized spacial score (nSPS) is 13.5. The van der Waals surface area contributed by atoms with Gasteiger partial charge in [-0.25, -0.2) is 4.70 Å². The van der Waals surface area contributed by atoms with Gasteiger partial charge in [-0.3, -0.25) is 0 Å². The van der Waals surface area contributed by atoms with Crippen LogP contribution >= 0.6 is 0 Å². The molecule has 0 fully saturated rings. The Balaban J connectivity index is 0.00000341. The van der Waals surface area contributed by atoms with Crippen molar-refractivity contribution in [1.82, 2.24) is 0 Å². The van der Waals surface area contributed by atoms with Gasteiger partial charge in [-0.1, -0.05) is 53.2 Å². The van der Waals surface area contributed by atoms with Gasteiger partial charge in [-0.05, 0) is 85.0 Å². The molecule has 0 bridgehead atoms. The van der Waals surface area contributed by atoms with Crippen LogP contribution in [0.2, 0.25) is 0 Å². The first-order valence-corrected chi connectivity index (χ1v) is 11.7. The van der Waals surface area contributed by atoms with Crippen molar-refractivity contribution >= 4 is 11.4 Å². The first-order chi connectivity index (χ1) is 14.5. The Morgan fingerprint density at radius 1 is 0.677 bits per heavy atom. The van der Waals surface area contributed by atoms with E-state index in [1.54, 1.807) is 0 Å². The zero-order valence-corrected chi connectivity index (χ0v) is 21.3. The maximum atomic E-state index is 11.4. The summed E-state index contributed by atoms with van der Waals surface area (Å²) in [5, 5.41) is 0. The van der Waals surface area contributed by atoms with Gasteiger partial charge in [0.2, 0.25) is 11.4 Å². The molecule has 168 valence electrons. The van der Waals surface area contributed by atoms with Crippen LogP contribution in [0.4, 0.5) is 0 Å². The predicted octanol–water partition coefficient (Wildman–Crippen LogP) is 7.92. The van der Waals surface area contributed by atoms with Crippen molar-refractivity contribution in [2.75, 3.05) is 0 Å². The second kappa shape index (κ2) is 11.7. The van der Waals surface area contributed by atoms with E-state index in [-0.39, 0.29) is 20.4 Å². The number of benzene rings is 2. The van der Waals surface area contributed by atoms with E-state index in [1.165, 1.54) is 32.5 Å². The maximum absolute atomic E-state index is 11.4. The second-order valence-electron chi connectivity index (χ2n) is 8.31. The topological polar surface area (TPSA) is 25.3 Å². The average Bonchev–Trinajstić information content (AvgIpc) is 3.12. The fourth-order valence-corrected chi connectivity index (χ4v) is 4.25. The summed E-state index contributed by atoms with van der Waals surface area (Å²) >= 11 is 0. The van der Waals surface area contributed by atoms with E-state index >= 15 is 0 Å². The molecule has 0 aliphatic carbocycles. The molecule has 0 unspecified atom stereocenters. The van der Waals surface area contributed by atoms with Gasteiger partial charge in [-0.15, -0.1) is 0 Å². The summed E-state index contributed by atoms with van der Waals surface area (Å²) in [6, 6.07) is 13.5. The van der Waals surface area contributed by atoms with E-state index in [9.17, 15) is 5.53 Å². The largest absolute Gasteiger partial charge is 0.493 e. The van der Waals surface area contributed by atoms with Gasteiger partial charge < -0.3 is 5.53 Å². The Hall–Kier alpha value is -1.82. The Labute approximate surface area is 202 Å². The predicted molar refractivity (Wildman–Crippen MR) is 128 cm³/mol. The van der Waals surface area contributed by atoms with Crippen molar-refractivity contribution in [3.63, 3.8) is 0 Å². The molecule has 0 spiro atoms. The fraction of sp³-hybridized carbons (Fsp3) is 0.429. The molecular weight excluding hydrogens is 471 g/mol. The summed E-state index contributed by atoms with van der Waals surface area (Å²) in [5.74, 6) is 0. The number of rotatable bonds is 9. The van der Waals surface area contributed by atoms with Crippen molar-refractivity contribution in [1.29, 1.82) is 0 Å². The number of hydrogen-bond acceptors (Lipinski definition) is 0. The van der Waals surface area contributed by atoms with Crippen molar-refractivity contribution in [2.24, 2.45) is 0 Å². The molecule has 0 saturated carbocycles. The van der Waals surface area contributed by atoms with Gasteiger partial charge in [-0.2, -0.15) is 0 Å². The summed E-state index contributed by atoms with van der Waals surface area (Å²) in [7, 11) is 0. The van der Waals surface area contributed by atoms with E-state index in [1.807, 2.05) is 0 Å². The Morgan fingerprint density at radius 2 is 1.13 bits per heavy atom. The van der Waals surface area contributed by atoms with E-state index in [2.05, 4.69) is 77.1 Å². The third-order valence-electron chi connectivity index (χ3n) is 6.16. The van der Waals surface area contributed by atoms with E-state index in [0.717, 1.165) is 67.5 Å². The minimum absolute atomic E-state index is 0. The quantitative estimate of drug-likeness (QED) is 0.244. The summed E-state index contributed by atoms with van der Waals surface area (Å²) < 4.78 is 1.45. The summed E-state index contributed by atoms with van der Waals surface area (Å²) in [5.41, 5.74) is 22.0. The van der Waals surface area contributed by atoms with E-state index in [0.29, 0.717) is 0 Å². The first-order valence-electron chi connectivity index (χ1n) is 11.7. The molecule has 0 amide bonds. The molecule has 0 atom stereocenters. The number of unbranched alkanes of at least 4 members (excludes halogenated alkanes) is 1. The Morgan fingerprint density at radius 3 is 1.55 bits per heavy atom. The minimum atomic E-state index is 0. The van der Waals surface area contributed by atoms with Crippen molar-refractivity contribution in [3.8, 4) is 0 Å². The summed E-state index contributed by atoms with van der Waals surface area (Å²) in [6.45, 7) is 11.0. The Kier molecular flexibility index (Phi) is 9.60. The molecule has 1 aliphatic heterocycles. The number of allylic oxidation sites excluding steroid dienone is 2. The first kappa shape index (κ1) is 25.4. The standard InChI is InChI=1S/C28H36N2.Pd/c1-6-11-12-24-19-27(25-15-20(7-2)13-21(8-3)16-25)30(29)28(24)26-17-22(9-4)14-23(10-5)18-26;/h13-19H,6-12H2,1-5H3;. The smallest absolute Gasteiger partial charge is 0.210 e. The van der Waals surface area contributed by atoms with Crippen LogP contribution in [0.15, 0.2) is 48.0 Å². The zero-order valence-electron chi connectivity index (χ0n) is 19.7. The van der Waals surface area contributed by atoms with Crippen LogP contribution in [0.5, 0.6) is 0 Å². The number of aryl methyl sites for hydroxylation is 4. The molecule has 0 radical (unpaired) electrons. The van der Waals surface area contributed by atoms with Crippen molar-refractivity contribution < 1.29 is 25.1 Å². The fourth-order valence-electron chi connectivity index (χ4n) is 4.25. The molecule has 2 aromatic carbocycles. The summed E-state index contributed by atoms with van der Waals surface area (Å²) in [6.07, 6.45) is 9.47. The van der Waals surface area contributed by atoms with Gasteiger partial charge in [0.15, 0.2) is 0 Å². The monoisotopic (exact) mass is 506 g/mol. The molecule has 1 aliphatic rings. The van der Waals surface area contributed by atoms with Crippen LogP contribution in [0.1, 0.15) is 87.3 Å². The SMILES string of the molecule is CCCCC1=C(c2cc(CC)cc(CC)c2)[N+](=[N-])C(c2cc(CC)cc(CC)c2)=C1.[Pd]. The van der Waals surface area contributed by atoms with Gasteiger partial charge in [0.25, 0.3) is 0 Å². The molecule has 2 nitrogen and oxygen atoms in total. The van der Waals surface area contributed by atoms with E-state index < -0.39 is 0 Å². The van der Waals surface area contributed by atoms with Crippen LogP contribution < -0.4 is 0 Å². The van der Waals surface area contributed by atoms with Gasteiger partial charge in [0.05, 0.1) is 0 Å². The third-order valence-corrected chi connectivity index (χ3v) is 6.16. The van der Waals surface area contributed by atoms with Crippen LogP contribution in [-0.2, 0) is 46.1 Å². The molecule has 0 N–H and O–H groups in total. The summed E-state index contributed by atoms with van der Waals surface area (Å²) in [4.78, 5) is 0. The molecule has 31 heavy (non-hydrogen) atoms. The van der Waals surface area contributed by atoms with Gasteiger partial charge in [0, 0.05) is 43.2 Å². The average molecular weight is 507 g/mol. The Bertz CT molecular complexity index is 954. The van der Waals surface area contributed by atoms with Gasteiger partial charge in [0.1, 0.15) is 0 Å². The van der Waals surface area contributed by atoms with Crippen LogP contribution in [0.3, 0.4) is 0 Å². The molecule has 3 rings (SSSR count). The number of hydrogen-bond donors (Lipinski definition) is 0. The zero-order chi connectivity index (χ0) is 21.7. The van der Waals surface area contributed by atoms with Crippen LogP contribution in [0.25, 0.3) is 16.9 Å². The third kappa shape index (κ3) is 5.71. The molecular formula is C28H36N2Pd. The minimum Gasteiger partial charge on any atom is -0.493 e. The van der Waals surface area contributed by atoms with E-state index in [4.69, 9.17) is 0 Å². The van der Waals surface area contributed by atoms with Crippen LogP contribution in [-0.4, -0.2) is 4.70 Å². The molecule has 0 saturated heterocycles. The maximum Gasteiger partial charge on any atom is 0.210 e. The number of nitrogens with zero attached hydrogens (tertiary/aromatic N) is 2. The van der Waals surface area contributed by atoms with Crippen LogP contribution in [0, 0.1) is 0 Å². The molecule has 1 heterocycles. The molecule has 0 aromatic heterocycles.